The predicted molar refractivity (Wildman–Crippen MR) is 82.1 cm³/mol. The average Bonchev–Trinajstić information content (AvgIpc) is 2.89. The van der Waals surface area contributed by atoms with Gasteiger partial charge in [0.05, 0.1) is 16.7 Å². The lowest BCUT2D eigenvalue weighted by Gasteiger charge is -2.17. The number of rotatable bonds is 5. The Bertz CT molecular complexity index is 582. The van der Waals surface area contributed by atoms with Gasteiger partial charge in [0.25, 0.3) is 0 Å². The van der Waals surface area contributed by atoms with Crippen molar-refractivity contribution >= 4 is 21.6 Å². The van der Waals surface area contributed by atoms with Crippen LogP contribution in [-0.4, -0.2) is 16.3 Å². The molecule has 108 valence electrons. The second kappa shape index (κ2) is 6.37. The lowest BCUT2D eigenvalue weighted by Crippen LogP contribution is -2.20. The number of nitrogens with two attached hydrogens (primary N) is 1. The molecule has 1 unspecified atom stereocenters. The van der Waals surface area contributed by atoms with Gasteiger partial charge in [-0.1, -0.05) is 0 Å². The summed E-state index contributed by atoms with van der Waals surface area (Å²) in [5, 5.41) is 7.60. The number of nitrogens with one attached hydrogen (secondary N) is 1. The maximum absolute atomic E-state index is 13.2. The number of anilines is 1. The molecule has 0 saturated carbocycles. The van der Waals surface area contributed by atoms with E-state index in [4.69, 9.17) is 5.73 Å². The Morgan fingerprint density at radius 1 is 1.45 bits per heavy atom. The Morgan fingerprint density at radius 3 is 2.75 bits per heavy atom. The lowest BCUT2D eigenvalue weighted by molar-refractivity contribution is 0.531. The van der Waals surface area contributed by atoms with Crippen LogP contribution in [0.5, 0.6) is 0 Å². The normalized spacial score (nSPS) is 12.7. The fraction of sp³-hybridized carbons (Fsp3) is 0.357. The number of benzene rings is 1. The zero-order valence-electron chi connectivity index (χ0n) is 11.5. The maximum Gasteiger partial charge on any atom is 0.137 e. The summed E-state index contributed by atoms with van der Waals surface area (Å²) in [7, 11) is 0. The summed E-state index contributed by atoms with van der Waals surface area (Å²) in [4.78, 5) is 0. The van der Waals surface area contributed by atoms with Crippen LogP contribution in [0.25, 0.3) is 0 Å². The largest absolute Gasteiger partial charge is 0.377 e. The molecule has 0 saturated heterocycles. The molecule has 0 spiro atoms. The smallest absolute Gasteiger partial charge is 0.137 e. The molecule has 1 heterocycles. The van der Waals surface area contributed by atoms with Gasteiger partial charge in [-0.2, -0.15) is 5.10 Å². The first-order chi connectivity index (χ1) is 9.51. The van der Waals surface area contributed by atoms with Crippen LogP contribution in [0.2, 0.25) is 0 Å². The van der Waals surface area contributed by atoms with E-state index in [2.05, 4.69) is 40.2 Å². The highest BCUT2D eigenvalue weighted by Gasteiger charge is 2.13. The molecule has 0 aliphatic carbocycles. The third kappa shape index (κ3) is 3.37. The van der Waals surface area contributed by atoms with E-state index < -0.39 is 0 Å². The minimum atomic E-state index is -0.285. The van der Waals surface area contributed by atoms with Crippen molar-refractivity contribution in [1.29, 1.82) is 0 Å². The molecule has 0 fully saturated rings. The zero-order valence-corrected chi connectivity index (χ0v) is 13.1. The van der Waals surface area contributed by atoms with Gasteiger partial charge in [-0.3, -0.25) is 4.68 Å². The fourth-order valence-corrected chi connectivity index (χ4v) is 2.26. The first-order valence-electron chi connectivity index (χ1n) is 6.47. The van der Waals surface area contributed by atoms with Crippen LogP contribution in [0.1, 0.15) is 31.5 Å². The topological polar surface area (TPSA) is 55.9 Å². The van der Waals surface area contributed by atoms with Crippen molar-refractivity contribution in [1.82, 2.24) is 9.78 Å². The summed E-state index contributed by atoms with van der Waals surface area (Å²) < 4.78 is 15.5. The van der Waals surface area contributed by atoms with E-state index >= 15 is 0 Å². The van der Waals surface area contributed by atoms with Gasteiger partial charge >= 0.3 is 0 Å². The number of hydrogen-bond acceptors (Lipinski definition) is 3. The molecular formula is C14H18BrFN4. The summed E-state index contributed by atoms with van der Waals surface area (Å²) in [5.41, 5.74) is 7.65. The highest BCUT2D eigenvalue weighted by atomic mass is 79.9. The number of halogens is 2. The lowest BCUT2D eigenvalue weighted by atomic mass is 10.1. The number of nitrogens with zero attached hydrogens (tertiary/aromatic N) is 2. The van der Waals surface area contributed by atoms with E-state index in [1.54, 1.807) is 12.1 Å². The minimum absolute atomic E-state index is 0.0557. The van der Waals surface area contributed by atoms with E-state index in [0.717, 1.165) is 11.3 Å². The Kier molecular flexibility index (Phi) is 4.77. The van der Waals surface area contributed by atoms with Crippen LogP contribution in [-0.2, 0) is 0 Å². The molecule has 0 bridgehead atoms. The molecule has 20 heavy (non-hydrogen) atoms. The van der Waals surface area contributed by atoms with Crippen molar-refractivity contribution in [2.45, 2.75) is 25.9 Å². The third-order valence-corrected chi connectivity index (χ3v) is 3.66. The van der Waals surface area contributed by atoms with Gasteiger partial charge in [-0.15, -0.1) is 0 Å². The van der Waals surface area contributed by atoms with Gasteiger partial charge in [0.2, 0.25) is 0 Å². The summed E-state index contributed by atoms with van der Waals surface area (Å²) >= 11 is 3.17. The van der Waals surface area contributed by atoms with Crippen LogP contribution in [0, 0.1) is 5.82 Å². The number of hydrogen-bond donors (Lipinski definition) is 2. The van der Waals surface area contributed by atoms with Crippen LogP contribution in [0.3, 0.4) is 0 Å². The van der Waals surface area contributed by atoms with Crippen molar-refractivity contribution < 1.29 is 4.39 Å². The van der Waals surface area contributed by atoms with E-state index in [1.807, 2.05) is 17.1 Å². The van der Waals surface area contributed by atoms with Crippen molar-refractivity contribution in [3.8, 4) is 0 Å². The Labute approximate surface area is 126 Å². The molecule has 0 amide bonds. The molecule has 0 radical (unpaired) electrons. The van der Waals surface area contributed by atoms with E-state index in [0.29, 0.717) is 17.1 Å². The quantitative estimate of drug-likeness (QED) is 0.875. The average molecular weight is 341 g/mol. The second-order valence-corrected chi connectivity index (χ2v) is 5.76. The van der Waals surface area contributed by atoms with Crippen LogP contribution in [0.15, 0.2) is 35.1 Å². The monoisotopic (exact) mass is 340 g/mol. The van der Waals surface area contributed by atoms with Gasteiger partial charge in [0, 0.05) is 30.0 Å². The molecule has 0 aliphatic heterocycles. The molecular weight excluding hydrogens is 323 g/mol. The van der Waals surface area contributed by atoms with Crippen molar-refractivity contribution in [3.05, 3.63) is 46.4 Å². The first kappa shape index (κ1) is 15.0. The molecule has 3 N–H and O–H groups in total. The van der Waals surface area contributed by atoms with Crippen LogP contribution >= 0.6 is 15.9 Å². The van der Waals surface area contributed by atoms with Crippen molar-refractivity contribution in [2.24, 2.45) is 5.73 Å². The maximum atomic E-state index is 13.2. The summed E-state index contributed by atoms with van der Waals surface area (Å²) in [6.45, 7) is 4.57. The Balaban J connectivity index is 2.17. The molecule has 1 atom stereocenters. The van der Waals surface area contributed by atoms with Crippen molar-refractivity contribution in [2.75, 3.05) is 11.9 Å². The molecule has 1 aromatic carbocycles. The predicted octanol–water partition coefficient (Wildman–Crippen LogP) is 3.48. The minimum Gasteiger partial charge on any atom is -0.377 e. The van der Waals surface area contributed by atoms with Crippen LogP contribution < -0.4 is 11.1 Å². The highest BCUT2D eigenvalue weighted by Crippen LogP contribution is 2.24. The fourth-order valence-electron chi connectivity index (χ4n) is 1.88. The van der Waals surface area contributed by atoms with E-state index in [1.165, 1.54) is 6.07 Å². The molecule has 2 aromatic rings. The standard InChI is InChI=1S/C14H18BrFN4/c1-9(2)20-8-10(7-18-20)14(6-17)19-11-3-4-13(16)12(15)5-11/h3-5,7-9,14,19H,6,17H2,1-2H3. The van der Waals surface area contributed by atoms with Gasteiger partial charge in [-0.25, -0.2) is 4.39 Å². The molecule has 4 nitrogen and oxygen atoms in total. The molecule has 6 heteroatoms. The van der Waals surface area contributed by atoms with Gasteiger partial charge in [0.15, 0.2) is 0 Å². The Hall–Kier alpha value is -1.40. The third-order valence-electron chi connectivity index (χ3n) is 3.05. The van der Waals surface area contributed by atoms with Gasteiger partial charge in [-0.05, 0) is 48.0 Å². The summed E-state index contributed by atoms with van der Waals surface area (Å²) in [6.07, 6.45) is 3.79. The zero-order chi connectivity index (χ0) is 14.7. The Morgan fingerprint density at radius 2 is 2.20 bits per heavy atom. The molecule has 1 aromatic heterocycles. The SMILES string of the molecule is CC(C)n1cc(C(CN)Nc2ccc(F)c(Br)c2)cn1. The number of aromatic nitrogens is 2. The van der Waals surface area contributed by atoms with Crippen molar-refractivity contribution in [3.63, 3.8) is 0 Å². The first-order valence-corrected chi connectivity index (χ1v) is 7.26. The van der Waals surface area contributed by atoms with E-state index in [9.17, 15) is 4.39 Å². The second-order valence-electron chi connectivity index (χ2n) is 4.91. The van der Waals surface area contributed by atoms with Crippen LogP contribution in [0.4, 0.5) is 10.1 Å². The molecule has 2 rings (SSSR count). The molecule has 0 aliphatic rings. The highest BCUT2D eigenvalue weighted by molar-refractivity contribution is 9.10. The summed E-state index contributed by atoms with van der Waals surface area (Å²) in [6, 6.07) is 5.06. The summed E-state index contributed by atoms with van der Waals surface area (Å²) in [5.74, 6) is -0.285. The van der Waals surface area contributed by atoms with E-state index in [-0.39, 0.29) is 11.9 Å². The van der Waals surface area contributed by atoms with Gasteiger partial charge < -0.3 is 11.1 Å². The van der Waals surface area contributed by atoms with Gasteiger partial charge in [0.1, 0.15) is 5.82 Å².